The van der Waals surface area contributed by atoms with Gasteiger partial charge in [0.2, 0.25) is 0 Å². The number of nitrogens with one attached hydrogen (secondary N) is 1. The molecule has 0 aromatic heterocycles. The van der Waals surface area contributed by atoms with Crippen molar-refractivity contribution < 1.29 is 9.59 Å². The highest BCUT2D eigenvalue weighted by atomic mass is 127. The molecule has 4 nitrogen and oxygen atoms in total. The van der Waals surface area contributed by atoms with E-state index in [1.807, 2.05) is 54.6 Å². The van der Waals surface area contributed by atoms with Crippen LogP contribution in [0.5, 0.6) is 0 Å². The molecule has 22 heavy (non-hydrogen) atoms. The molecule has 0 aliphatic carbocycles. The van der Waals surface area contributed by atoms with E-state index < -0.39 is 0 Å². The Kier molecular flexibility index (Phi) is 4.24. The molecule has 3 amide bonds. The molecule has 1 N–H and O–H groups in total. The van der Waals surface area contributed by atoms with Crippen LogP contribution in [0.25, 0.3) is 6.08 Å². The Morgan fingerprint density at radius 3 is 2.36 bits per heavy atom. The zero-order valence-corrected chi connectivity index (χ0v) is 13.8. The number of urea groups is 1. The van der Waals surface area contributed by atoms with Gasteiger partial charge < -0.3 is 5.32 Å². The number of amides is 3. The van der Waals surface area contributed by atoms with Crippen LogP contribution in [0, 0.1) is 3.57 Å². The third kappa shape index (κ3) is 3.19. The monoisotopic (exact) mass is 404 g/mol. The average molecular weight is 404 g/mol. The molecule has 0 atom stereocenters. The molecule has 0 radical (unpaired) electrons. The lowest BCUT2D eigenvalue weighted by Gasteiger charge is -2.11. The molecule has 110 valence electrons. The van der Waals surface area contributed by atoms with Crippen LogP contribution in [0.3, 0.4) is 0 Å². The van der Waals surface area contributed by atoms with E-state index in [-0.39, 0.29) is 18.5 Å². The molecule has 1 fully saturated rings. The molecule has 2 aromatic rings. The van der Waals surface area contributed by atoms with Gasteiger partial charge in [0.05, 0.1) is 6.54 Å². The van der Waals surface area contributed by atoms with Crippen LogP contribution in [-0.4, -0.2) is 16.8 Å². The van der Waals surface area contributed by atoms with Crippen LogP contribution >= 0.6 is 22.6 Å². The van der Waals surface area contributed by atoms with Gasteiger partial charge in [-0.3, -0.25) is 9.69 Å². The van der Waals surface area contributed by atoms with Crippen LogP contribution in [0.4, 0.5) is 4.79 Å². The third-order valence-corrected chi connectivity index (χ3v) is 4.05. The SMILES string of the molecule is O=C1N/C(=C/c2ccc(I)cc2)C(=O)N1Cc1ccccc1. The number of carbonyl (C=O) groups excluding carboxylic acids is 2. The number of nitrogens with zero attached hydrogens (tertiary/aromatic N) is 1. The van der Waals surface area contributed by atoms with Gasteiger partial charge in [-0.05, 0) is 51.9 Å². The normalized spacial score (nSPS) is 16.2. The molecule has 2 aromatic carbocycles. The molecule has 1 saturated heterocycles. The summed E-state index contributed by atoms with van der Waals surface area (Å²) in [6.45, 7) is 0.273. The van der Waals surface area contributed by atoms with Gasteiger partial charge in [-0.1, -0.05) is 42.5 Å². The van der Waals surface area contributed by atoms with Gasteiger partial charge in [0, 0.05) is 3.57 Å². The van der Waals surface area contributed by atoms with E-state index >= 15 is 0 Å². The quantitative estimate of drug-likeness (QED) is 0.485. The van der Waals surface area contributed by atoms with Crippen molar-refractivity contribution in [2.24, 2.45) is 0 Å². The number of imide groups is 1. The highest BCUT2D eigenvalue weighted by Crippen LogP contribution is 2.17. The predicted molar refractivity (Wildman–Crippen MR) is 92.7 cm³/mol. The van der Waals surface area contributed by atoms with E-state index in [2.05, 4.69) is 27.9 Å². The van der Waals surface area contributed by atoms with Gasteiger partial charge in [0.1, 0.15) is 5.70 Å². The minimum absolute atomic E-state index is 0.273. The fraction of sp³-hybridized carbons (Fsp3) is 0.0588. The molecule has 1 heterocycles. The van der Waals surface area contributed by atoms with Gasteiger partial charge in [0.25, 0.3) is 5.91 Å². The van der Waals surface area contributed by atoms with Crippen molar-refractivity contribution in [3.05, 3.63) is 75.0 Å². The lowest BCUT2D eigenvalue weighted by molar-refractivity contribution is -0.123. The van der Waals surface area contributed by atoms with Crippen LogP contribution in [-0.2, 0) is 11.3 Å². The highest BCUT2D eigenvalue weighted by Gasteiger charge is 2.33. The predicted octanol–water partition coefficient (Wildman–Crippen LogP) is 3.38. The molecular weight excluding hydrogens is 391 g/mol. The largest absolute Gasteiger partial charge is 0.329 e. The summed E-state index contributed by atoms with van der Waals surface area (Å²) >= 11 is 2.22. The Labute approximate surface area is 142 Å². The topological polar surface area (TPSA) is 49.4 Å². The van der Waals surface area contributed by atoms with Crippen LogP contribution in [0.1, 0.15) is 11.1 Å². The maximum absolute atomic E-state index is 12.4. The number of benzene rings is 2. The second kappa shape index (κ2) is 6.31. The van der Waals surface area contributed by atoms with Crippen molar-refractivity contribution in [2.45, 2.75) is 6.54 Å². The lowest BCUT2D eigenvalue weighted by Crippen LogP contribution is -2.30. The molecule has 0 bridgehead atoms. The van der Waals surface area contributed by atoms with Gasteiger partial charge in [-0.15, -0.1) is 0 Å². The summed E-state index contributed by atoms with van der Waals surface area (Å²) in [5.41, 5.74) is 2.11. The third-order valence-electron chi connectivity index (χ3n) is 3.33. The standard InChI is InChI=1S/C17H13IN2O2/c18-14-8-6-12(7-9-14)10-15-16(21)20(17(22)19-15)11-13-4-2-1-3-5-13/h1-10H,11H2,(H,19,22)/b15-10+. The molecule has 1 aliphatic heterocycles. The fourth-order valence-corrected chi connectivity index (χ4v) is 2.57. The maximum Gasteiger partial charge on any atom is 0.329 e. The number of halogens is 1. The molecule has 0 saturated carbocycles. The fourth-order valence-electron chi connectivity index (χ4n) is 2.21. The van der Waals surface area contributed by atoms with E-state index in [1.165, 1.54) is 4.90 Å². The van der Waals surface area contributed by atoms with E-state index in [0.29, 0.717) is 5.70 Å². The van der Waals surface area contributed by atoms with Gasteiger partial charge in [-0.25, -0.2) is 4.79 Å². The Bertz CT molecular complexity index is 739. The van der Waals surface area contributed by atoms with Crippen molar-refractivity contribution >= 4 is 40.6 Å². The van der Waals surface area contributed by atoms with Gasteiger partial charge in [0.15, 0.2) is 0 Å². The van der Waals surface area contributed by atoms with E-state index in [0.717, 1.165) is 14.7 Å². The first-order valence-corrected chi connectivity index (χ1v) is 7.85. The Balaban J connectivity index is 1.80. The summed E-state index contributed by atoms with van der Waals surface area (Å²) in [4.78, 5) is 25.6. The second-order valence-corrected chi connectivity index (χ2v) is 6.16. The maximum atomic E-state index is 12.4. The molecular formula is C17H13IN2O2. The Hall–Kier alpha value is -2.15. The first kappa shape index (κ1) is 14.8. The van der Waals surface area contributed by atoms with Gasteiger partial charge in [-0.2, -0.15) is 0 Å². The van der Waals surface area contributed by atoms with Crippen LogP contribution in [0.15, 0.2) is 60.3 Å². The van der Waals surface area contributed by atoms with E-state index in [4.69, 9.17) is 0 Å². The molecule has 5 heteroatoms. The summed E-state index contributed by atoms with van der Waals surface area (Å²) in [5, 5.41) is 2.63. The van der Waals surface area contributed by atoms with Crippen molar-refractivity contribution in [1.82, 2.24) is 10.2 Å². The summed E-state index contributed by atoms with van der Waals surface area (Å²) < 4.78 is 1.12. The van der Waals surface area contributed by atoms with Crippen molar-refractivity contribution in [3.63, 3.8) is 0 Å². The highest BCUT2D eigenvalue weighted by molar-refractivity contribution is 14.1. The molecule has 0 unspecified atom stereocenters. The van der Waals surface area contributed by atoms with E-state index in [1.54, 1.807) is 6.08 Å². The molecule has 0 spiro atoms. The van der Waals surface area contributed by atoms with E-state index in [9.17, 15) is 9.59 Å². The minimum atomic E-state index is -0.384. The molecule has 1 aliphatic rings. The summed E-state index contributed by atoms with van der Waals surface area (Å²) in [7, 11) is 0. The summed E-state index contributed by atoms with van der Waals surface area (Å²) in [6, 6.07) is 16.8. The first-order chi connectivity index (χ1) is 10.6. The van der Waals surface area contributed by atoms with Crippen LogP contribution in [0.2, 0.25) is 0 Å². The second-order valence-electron chi connectivity index (χ2n) is 4.92. The number of rotatable bonds is 3. The van der Waals surface area contributed by atoms with Crippen molar-refractivity contribution in [3.8, 4) is 0 Å². The van der Waals surface area contributed by atoms with Crippen LogP contribution < -0.4 is 5.32 Å². The van der Waals surface area contributed by atoms with Crippen molar-refractivity contribution in [1.29, 1.82) is 0 Å². The Morgan fingerprint density at radius 1 is 1.00 bits per heavy atom. The number of hydrogen-bond donors (Lipinski definition) is 1. The lowest BCUT2D eigenvalue weighted by atomic mass is 10.2. The number of hydrogen-bond acceptors (Lipinski definition) is 2. The average Bonchev–Trinajstić information content (AvgIpc) is 2.78. The smallest absolute Gasteiger partial charge is 0.303 e. The molecule has 3 rings (SSSR count). The minimum Gasteiger partial charge on any atom is -0.303 e. The number of carbonyl (C=O) groups is 2. The van der Waals surface area contributed by atoms with Gasteiger partial charge >= 0.3 is 6.03 Å². The summed E-state index contributed by atoms with van der Waals surface area (Å²) in [5.74, 6) is -0.299. The summed E-state index contributed by atoms with van der Waals surface area (Å²) in [6.07, 6.45) is 1.70. The zero-order chi connectivity index (χ0) is 15.5. The van der Waals surface area contributed by atoms with Crippen molar-refractivity contribution in [2.75, 3.05) is 0 Å². The zero-order valence-electron chi connectivity index (χ0n) is 11.6. The first-order valence-electron chi connectivity index (χ1n) is 6.77. The Morgan fingerprint density at radius 2 is 1.68 bits per heavy atom.